The molecule has 0 aromatic heterocycles. The van der Waals surface area contributed by atoms with Gasteiger partial charge in [-0.1, -0.05) is 35.9 Å². The second-order valence-corrected chi connectivity index (χ2v) is 5.13. The van der Waals surface area contributed by atoms with Crippen LogP contribution in [0.4, 0.5) is 4.39 Å². The molecule has 100 valence electrons. The zero-order chi connectivity index (χ0) is 13.8. The molecule has 0 spiro atoms. The van der Waals surface area contributed by atoms with Crippen molar-refractivity contribution in [1.82, 2.24) is 5.32 Å². The molecule has 1 atom stereocenters. The van der Waals surface area contributed by atoms with Crippen molar-refractivity contribution in [2.45, 2.75) is 26.4 Å². The third-order valence-electron chi connectivity index (χ3n) is 3.28. The van der Waals surface area contributed by atoms with Crippen molar-refractivity contribution in [3.63, 3.8) is 0 Å². The lowest BCUT2D eigenvalue weighted by molar-refractivity contribution is 0.527. The molecule has 0 saturated heterocycles. The Kier molecular flexibility index (Phi) is 4.56. The number of rotatable bonds is 4. The minimum atomic E-state index is -0.171. The fourth-order valence-corrected chi connectivity index (χ4v) is 2.28. The van der Waals surface area contributed by atoms with E-state index in [4.69, 9.17) is 11.6 Å². The van der Waals surface area contributed by atoms with Crippen LogP contribution in [-0.4, -0.2) is 0 Å². The molecule has 3 heteroatoms. The zero-order valence-electron chi connectivity index (χ0n) is 11.1. The molecule has 0 bridgehead atoms. The molecule has 0 aliphatic rings. The maximum Gasteiger partial charge on any atom is 0.127 e. The van der Waals surface area contributed by atoms with Gasteiger partial charge in [-0.3, -0.25) is 0 Å². The van der Waals surface area contributed by atoms with Crippen molar-refractivity contribution in [2.24, 2.45) is 0 Å². The smallest absolute Gasteiger partial charge is 0.127 e. The quantitative estimate of drug-likeness (QED) is 0.858. The molecule has 19 heavy (non-hydrogen) atoms. The van der Waals surface area contributed by atoms with Crippen LogP contribution in [0, 0.1) is 12.7 Å². The van der Waals surface area contributed by atoms with Crippen LogP contribution in [0.3, 0.4) is 0 Å². The lowest BCUT2D eigenvalue weighted by Crippen LogP contribution is -2.19. The maximum absolute atomic E-state index is 13.6. The first-order chi connectivity index (χ1) is 9.08. The van der Waals surface area contributed by atoms with Gasteiger partial charge < -0.3 is 5.32 Å². The van der Waals surface area contributed by atoms with Crippen molar-refractivity contribution in [3.8, 4) is 0 Å². The summed E-state index contributed by atoms with van der Waals surface area (Å²) in [5.41, 5.74) is 3.00. The van der Waals surface area contributed by atoms with Crippen LogP contribution in [0.1, 0.15) is 29.7 Å². The minimum Gasteiger partial charge on any atom is -0.306 e. The standard InChI is InChI=1S/C16H17ClFN/c1-11-9-14(17)8-7-13(11)10-19-12(2)15-5-3-4-6-16(15)18/h3-9,12,19H,10H2,1-2H3/t12-/m1/s1. The first-order valence-corrected chi connectivity index (χ1v) is 6.68. The van der Waals surface area contributed by atoms with Gasteiger partial charge in [0.25, 0.3) is 0 Å². The average Bonchev–Trinajstić information content (AvgIpc) is 2.38. The zero-order valence-corrected chi connectivity index (χ0v) is 11.8. The average molecular weight is 278 g/mol. The summed E-state index contributed by atoms with van der Waals surface area (Å²) >= 11 is 5.93. The third-order valence-corrected chi connectivity index (χ3v) is 3.51. The van der Waals surface area contributed by atoms with Crippen LogP contribution >= 0.6 is 11.6 Å². The maximum atomic E-state index is 13.6. The van der Waals surface area contributed by atoms with Crippen molar-refractivity contribution >= 4 is 11.6 Å². The second-order valence-electron chi connectivity index (χ2n) is 4.69. The summed E-state index contributed by atoms with van der Waals surface area (Å²) in [5, 5.41) is 4.07. The van der Waals surface area contributed by atoms with Crippen LogP contribution in [0.2, 0.25) is 5.02 Å². The van der Waals surface area contributed by atoms with Crippen LogP contribution in [0.25, 0.3) is 0 Å². The van der Waals surface area contributed by atoms with Crippen molar-refractivity contribution in [3.05, 3.63) is 70.0 Å². The van der Waals surface area contributed by atoms with Crippen LogP contribution in [0.5, 0.6) is 0 Å². The predicted molar refractivity (Wildman–Crippen MR) is 77.8 cm³/mol. The fourth-order valence-electron chi connectivity index (χ4n) is 2.06. The Balaban J connectivity index is 2.04. The highest BCUT2D eigenvalue weighted by atomic mass is 35.5. The molecule has 1 nitrogen and oxygen atoms in total. The number of hydrogen-bond donors (Lipinski definition) is 1. The first-order valence-electron chi connectivity index (χ1n) is 6.31. The third kappa shape index (κ3) is 3.55. The monoisotopic (exact) mass is 277 g/mol. The van der Waals surface area contributed by atoms with Gasteiger partial charge in [0, 0.05) is 23.2 Å². The van der Waals surface area contributed by atoms with E-state index in [1.54, 1.807) is 6.07 Å². The number of halogens is 2. The second kappa shape index (κ2) is 6.18. The molecule has 0 unspecified atom stereocenters. The van der Waals surface area contributed by atoms with Gasteiger partial charge in [-0.2, -0.15) is 0 Å². The molecular weight excluding hydrogens is 261 g/mol. The van der Waals surface area contributed by atoms with E-state index in [0.29, 0.717) is 12.1 Å². The molecule has 2 aromatic carbocycles. The van der Waals surface area contributed by atoms with Crippen LogP contribution in [0.15, 0.2) is 42.5 Å². The van der Waals surface area contributed by atoms with Gasteiger partial charge in [0.15, 0.2) is 0 Å². The summed E-state index contributed by atoms with van der Waals surface area (Å²) in [7, 11) is 0. The molecule has 0 saturated carbocycles. The lowest BCUT2D eigenvalue weighted by atomic mass is 10.1. The molecule has 0 fully saturated rings. The summed E-state index contributed by atoms with van der Waals surface area (Å²) in [4.78, 5) is 0. The number of benzene rings is 2. The lowest BCUT2D eigenvalue weighted by Gasteiger charge is -2.16. The van der Waals surface area contributed by atoms with Gasteiger partial charge in [-0.25, -0.2) is 4.39 Å². The summed E-state index contributed by atoms with van der Waals surface area (Å²) in [6.07, 6.45) is 0. The highest BCUT2D eigenvalue weighted by Crippen LogP contribution is 2.19. The van der Waals surface area contributed by atoms with E-state index in [-0.39, 0.29) is 11.9 Å². The van der Waals surface area contributed by atoms with E-state index in [0.717, 1.165) is 10.6 Å². The molecule has 0 amide bonds. The Morgan fingerprint density at radius 2 is 1.95 bits per heavy atom. The van der Waals surface area contributed by atoms with Crippen molar-refractivity contribution < 1.29 is 4.39 Å². The molecule has 2 aromatic rings. The van der Waals surface area contributed by atoms with Gasteiger partial charge in [0.05, 0.1) is 0 Å². The van der Waals surface area contributed by atoms with E-state index in [1.165, 1.54) is 11.6 Å². The van der Waals surface area contributed by atoms with Crippen LogP contribution < -0.4 is 5.32 Å². The molecule has 0 heterocycles. The van der Waals surface area contributed by atoms with E-state index in [9.17, 15) is 4.39 Å². The Labute approximate surface area is 118 Å². The Morgan fingerprint density at radius 1 is 1.21 bits per heavy atom. The van der Waals surface area contributed by atoms with Crippen LogP contribution in [-0.2, 0) is 6.54 Å². The topological polar surface area (TPSA) is 12.0 Å². The fraction of sp³-hybridized carbons (Fsp3) is 0.250. The van der Waals surface area contributed by atoms with Gasteiger partial charge >= 0.3 is 0 Å². The predicted octanol–water partition coefficient (Wildman–Crippen LogP) is 4.64. The first kappa shape index (κ1) is 14.0. The van der Waals surface area contributed by atoms with Gasteiger partial charge in [0.1, 0.15) is 5.82 Å². The summed E-state index contributed by atoms with van der Waals surface area (Å²) in [6, 6.07) is 12.6. The highest BCUT2D eigenvalue weighted by molar-refractivity contribution is 6.30. The summed E-state index contributed by atoms with van der Waals surface area (Å²) < 4.78 is 13.6. The molecule has 1 N–H and O–H groups in total. The van der Waals surface area contributed by atoms with Gasteiger partial charge in [0.2, 0.25) is 0 Å². The molecule has 0 radical (unpaired) electrons. The molecule has 0 aliphatic heterocycles. The molecule has 0 aliphatic carbocycles. The molecule has 2 rings (SSSR count). The van der Waals surface area contributed by atoms with E-state index in [2.05, 4.69) is 5.32 Å². The molecular formula is C16H17ClFN. The Hall–Kier alpha value is -1.38. The van der Waals surface area contributed by atoms with Gasteiger partial charge in [-0.05, 0) is 43.2 Å². The summed E-state index contributed by atoms with van der Waals surface area (Å²) in [5.74, 6) is -0.171. The van der Waals surface area contributed by atoms with E-state index in [1.807, 2.05) is 44.2 Å². The minimum absolute atomic E-state index is 0.0312. The Bertz CT molecular complexity index is 568. The highest BCUT2D eigenvalue weighted by Gasteiger charge is 2.10. The van der Waals surface area contributed by atoms with Gasteiger partial charge in [-0.15, -0.1) is 0 Å². The summed E-state index contributed by atoms with van der Waals surface area (Å²) in [6.45, 7) is 4.68. The number of aryl methyl sites for hydroxylation is 1. The van der Waals surface area contributed by atoms with E-state index < -0.39 is 0 Å². The largest absolute Gasteiger partial charge is 0.306 e. The SMILES string of the molecule is Cc1cc(Cl)ccc1CN[C@H](C)c1ccccc1F. The normalized spacial score (nSPS) is 12.4. The number of nitrogens with one attached hydrogen (secondary N) is 1. The number of hydrogen-bond acceptors (Lipinski definition) is 1. The van der Waals surface area contributed by atoms with Crippen molar-refractivity contribution in [1.29, 1.82) is 0 Å². The van der Waals surface area contributed by atoms with E-state index >= 15 is 0 Å². The Morgan fingerprint density at radius 3 is 2.63 bits per heavy atom. The van der Waals surface area contributed by atoms with Crippen molar-refractivity contribution in [2.75, 3.05) is 0 Å².